The van der Waals surface area contributed by atoms with E-state index in [1.54, 1.807) is 18.3 Å². The molecule has 0 aliphatic rings. The van der Waals surface area contributed by atoms with Gasteiger partial charge in [0, 0.05) is 24.0 Å². The Morgan fingerprint density at radius 1 is 1.29 bits per heavy atom. The number of aromatic amines is 1. The average molecular weight is 233 g/mol. The first kappa shape index (κ1) is 11.8. The molecule has 2 aromatic rings. The minimum atomic E-state index is -0.231. The van der Waals surface area contributed by atoms with Crippen molar-refractivity contribution in [1.29, 1.82) is 0 Å². The summed E-state index contributed by atoms with van der Waals surface area (Å²) in [6, 6.07) is 6.31. The van der Waals surface area contributed by atoms with Gasteiger partial charge in [0.15, 0.2) is 0 Å². The van der Waals surface area contributed by atoms with Gasteiger partial charge in [0.05, 0.1) is 0 Å². The maximum Gasteiger partial charge on any atom is 0.137 e. The standard InChI is InChI=1S/C13H16FN3/c1-2-7-15-8-12-9-16-13(17-12)10-3-5-11(14)6-4-10/h3-6,9,15H,2,7-8H2,1H3,(H,16,17). The molecule has 2 rings (SSSR count). The van der Waals surface area contributed by atoms with Gasteiger partial charge in [0.1, 0.15) is 11.6 Å². The van der Waals surface area contributed by atoms with Crippen LogP contribution in [0.3, 0.4) is 0 Å². The molecule has 1 aromatic heterocycles. The smallest absolute Gasteiger partial charge is 0.137 e. The van der Waals surface area contributed by atoms with Gasteiger partial charge >= 0.3 is 0 Å². The van der Waals surface area contributed by atoms with E-state index in [0.29, 0.717) is 0 Å². The molecule has 0 aliphatic carbocycles. The van der Waals surface area contributed by atoms with Gasteiger partial charge in [-0.25, -0.2) is 9.37 Å². The number of benzene rings is 1. The first-order valence-corrected chi connectivity index (χ1v) is 5.80. The SMILES string of the molecule is CCCNCc1cnc(-c2ccc(F)cc2)[nH]1. The quantitative estimate of drug-likeness (QED) is 0.779. The lowest BCUT2D eigenvalue weighted by molar-refractivity contribution is 0.628. The van der Waals surface area contributed by atoms with Gasteiger partial charge in [-0.15, -0.1) is 0 Å². The molecule has 0 radical (unpaired) electrons. The van der Waals surface area contributed by atoms with Crippen LogP contribution in [0.1, 0.15) is 19.0 Å². The number of hydrogen-bond acceptors (Lipinski definition) is 2. The zero-order valence-electron chi connectivity index (χ0n) is 9.83. The Labute approximate surface area is 100 Å². The van der Waals surface area contributed by atoms with Crippen molar-refractivity contribution < 1.29 is 4.39 Å². The monoisotopic (exact) mass is 233 g/mol. The van der Waals surface area contributed by atoms with E-state index in [0.717, 1.165) is 36.6 Å². The van der Waals surface area contributed by atoms with Gasteiger partial charge in [-0.2, -0.15) is 0 Å². The van der Waals surface area contributed by atoms with Crippen molar-refractivity contribution in [3.8, 4) is 11.4 Å². The molecule has 4 heteroatoms. The highest BCUT2D eigenvalue weighted by Crippen LogP contribution is 2.15. The molecule has 1 heterocycles. The highest BCUT2D eigenvalue weighted by molar-refractivity contribution is 5.54. The Morgan fingerprint density at radius 2 is 2.06 bits per heavy atom. The van der Waals surface area contributed by atoms with Gasteiger partial charge < -0.3 is 10.3 Å². The van der Waals surface area contributed by atoms with Crippen LogP contribution in [-0.4, -0.2) is 16.5 Å². The fraction of sp³-hybridized carbons (Fsp3) is 0.308. The molecule has 3 nitrogen and oxygen atoms in total. The summed E-state index contributed by atoms with van der Waals surface area (Å²) in [7, 11) is 0. The third-order valence-electron chi connectivity index (χ3n) is 2.49. The molecule has 0 fully saturated rings. The predicted molar refractivity (Wildman–Crippen MR) is 66.0 cm³/mol. The van der Waals surface area contributed by atoms with Crippen LogP contribution in [0.5, 0.6) is 0 Å². The second-order valence-corrected chi connectivity index (χ2v) is 3.94. The number of imidazole rings is 1. The summed E-state index contributed by atoms with van der Waals surface area (Å²) in [5.41, 5.74) is 1.94. The normalized spacial score (nSPS) is 10.7. The van der Waals surface area contributed by atoms with Gasteiger partial charge in [-0.05, 0) is 37.2 Å². The van der Waals surface area contributed by atoms with Crippen LogP contribution in [-0.2, 0) is 6.54 Å². The first-order valence-electron chi connectivity index (χ1n) is 5.80. The molecule has 0 amide bonds. The third kappa shape index (κ3) is 3.14. The van der Waals surface area contributed by atoms with E-state index in [9.17, 15) is 4.39 Å². The molecule has 17 heavy (non-hydrogen) atoms. The minimum Gasteiger partial charge on any atom is -0.341 e. The van der Waals surface area contributed by atoms with Gasteiger partial charge in [0.2, 0.25) is 0 Å². The van der Waals surface area contributed by atoms with Crippen molar-refractivity contribution in [1.82, 2.24) is 15.3 Å². The van der Waals surface area contributed by atoms with Crippen molar-refractivity contribution in [3.05, 3.63) is 42.0 Å². The lowest BCUT2D eigenvalue weighted by atomic mass is 10.2. The summed E-state index contributed by atoms with van der Waals surface area (Å²) >= 11 is 0. The second kappa shape index (κ2) is 5.59. The number of halogens is 1. The number of nitrogens with zero attached hydrogens (tertiary/aromatic N) is 1. The Hall–Kier alpha value is -1.68. The zero-order chi connectivity index (χ0) is 12.1. The Balaban J connectivity index is 2.04. The molecule has 0 unspecified atom stereocenters. The molecular weight excluding hydrogens is 217 g/mol. The summed E-state index contributed by atoms with van der Waals surface area (Å²) < 4.78 is 12.8. The van der Waals surface area contributed by atoms with Crippen LogP contribution >= 0.6 is 0 Å². The van der Waals surface area contributed by atoms with Crippen LogP contribution in [0, 0.1) is 5.82 Å². The summed E-state index contributed by atoms with van der Waals surface area (Å²) in [4.78, 5) is 7.49. The highest BCUT2D eigenvalue weighted by Gasteiger charge is 2.03. The predicted octanol–water partition coefficient (Wildman–Crippen LogP) is 2.72. The van der Waals surface area contributed by atoms with E-state index in [1.807, 2.05) is 0 Å². The number of aromatic nitrogens is 2. The van der Waals surface area contributed by atoms with Crippen LogP contribution in [0.15, 0.2) is 30.5 Å². The lowest BCUT2D eigenvalue weighted by Crippen LogP contribution is -2.13. The molecule has 0 aliphatic heterocycles. The van der Waals surface area contributed by atoms with Crippen molar-refractivity contribution >= 4 is 0 Å². The Morgan fingerprint density at radius 3 is 2.76 bits per heavy atom. The zero-order valence-corrected chi connectivity index (χ0v) is 9.83. The number of rotatable bonds is 5. The van der Waals surface area contributed by atoms with E-state index in [2.05, 4.69) is 22.2 Å². The Bertz CT molecular complexity index is 462. The molecule has 0 spiro atoms. The highest BCUT2D eigenvalue weighted by atomic mass is 19.1. The van der Waals surface area contributed by atoms with Crippen LogP contribution in [0.4, 0.5) is 4.39 Å². The van der Waals surface area contributed by atoms with Crippen LogP contribution in [0.25, 0.3) is 11.4 Å². The largest absolute Gasteiger partial charge is 0.341 e. The molecule has 90 valence electrons. The molecule has 2 N–H and O–H groups in total. The molecule has 1 aromatic carbocycles. The van der Waals surface area contributed by atoms with Crippen molar-refractivity contribution in [2.45, 2.75) is 19.9 Å². The second-order valence-electron chi connectivity index (χ2n) is 3.94. The average Bonchev–Trinajstić information content (AvgIpc) is 2.79. The van der Waals surface area contributed by atoms with Crippen molar-refractivity contribution in [3.63, 3.8) is 0 Å². The summed E-state index contributed by atoms with van der Waals surface area (Å²) in [5, 5.41) is 3.29. The number of hydrogen-bond donors (Lipinski definition) is 2. The summed E-state index contributed by atoms with van der Waals surface area (Å²) in [6.45, 7) is 3.90. The maximum absolute atomic E-state index is 12.8. The van der Waals surface area contributed by atoms with Gasteiger partial charge in [-0.1, -0.05) is 6.92 Å². The number of H-pyrrole nitrogens is 1. The topological polar surface area (TPSA) is 40.7 Å². The first-order chi connectivity index (χ1) is 8.29. The van der Waals surface area contributed by atoms with Gasteiger partial charge in [0.25, 0.3) is 0 Å². The van der Waals surface area contributed by atoms with E-state index in [1.165, 1.54) is 12.1 Å². The van der Waals surface area contributed by atoms with Crippen LogP contribution < -0.4 is 5.32 Å². The minimum absolute atomic E-state index is 0.231. The van der Waals surface area contributed by atoms with Crippen molar-refractivity contribution in [2.24, 2.45) is 0 Å². The molecule has 0 saturated heterocycles. The molecule has 0 atom stereocenters. The fourth-order valence-corrected chi connectivity index (χ4v) is 1.60. The third-order valence-corrected chi connectivity index (χ3v) is 2.49. The van der Waals surface area contributed by atoms with Crippen LogP contribution in [0.2, 0.25) is 0 Å². The van der Waals surface area contributed by atoms with Crippen molar-refractivity contribution in [2.75, 3.05) is 6.54 Å². The number of nitrogens with one attached hydrogen (secondary N) is 2. The molecule has 0 saturated carbocycles. The molecule has 0 bridgehead atoms. The van der Waals surface area contributed by atoms with E-state index in [4.69, 9.17) is 0 Å². The van der Waals surface area contributed by atoms with Gasteiger partial charge in [-0.3, -0.25) is 0 Å². The summed E-state index contributed by atoms with van der Waals surface area (Å²) in [5.74, 6) is 0.545. The molecular formula is C13H16FN3. The Kier molecular flexibility index (Phi) is 3.88. The van der Waals surface area contributed by atoms with E-state index in [-0.39, 0.29) is 5.82 Å². The van der Waals surface area contributed by atoms with E-state index < -0.39 is 0 Å². The fourth-order valence-electron chi connectivity index (χ4n) is 1.60. The van der Waals surface area contributed by atoms with E-state index >= 15 is 0 Å². The maximum atomic E-state index is 12.8. The summed E-state index contributed by atoms with van der Waals surface area (Å²) in [6.07, 6.45) is 2.92. The lowest BCUT2D eigenvalue weighted by Gasteiger charge is -1.99.